The lowest BCUT2D eigenvalue weighted by molar-refractivity contribution is -0.0976. The van der Waals surface area contributed by atoms with Gasteiger partial charge < -0.3 is 15.4 Å². The topological polar surface area (TPSA) is 59.1 Å². The van der Waals surface area contributed by atoms with Gasteiger partial charge in [0.05, 0.1) is 6.10 Å². The maximum Gasteiger partial charge on any atom is 0.224 e. The van der Waals surface area contributed by atoms with Crippen molar-refractivity contribution < 1.29 is 4.74 Å². The number of nitrogens with one attached hydrogen (secondary N) is 2. The van der Waals surface area contributed by atoms with E-state index >= 15 is 0 Å². The van der Waals surface area contributed by atoms with Crippen LogP contribution in [0.15, 0.2) is 12.3 Å². The van der Waals surface area contributed by atoms with Crippen LogP contribution in [0.25, 0.3) is 0 Å². The van der Waals surface area contributed by atoms with Gasteiger partial charge >= 0.3 is 0 Å². The van der Waals surface area contributed by atoms with E-state index in [0.717, 1.165) is 31.8 Å². The van der Waals surface area contributed by atoms with Crippen molar-refractivity contribution in [2.75, 3.05) is 23.8 Å². The molecule has 1 aromatic rings. The summed E-state index contributed by atoms with van der Waals surface area (Å²) in [5.41, 5.74) is 0.137. The largest absolute Gasteiger partial charge is 0.378 e. The first-order valence-electron chi connectivity index (χ1n) is 7.53. The van der Waals surface area contributed by atoms with Gasteiger partial charge in [-0.2, -0.15) is 4.98 Å². The Morgan fingerprint density at radius 1 is 1.40 bits per heavy atom. The van der Waals surface area contributed by atoms with Crippen molar-refractivity contribution >= 4 is 11.8 Å². The summed E-state index contributed by atoms with van der Waals surface area (Å²) in [5, 5.41) is 6.71. The standard InChI is InChI=1S/C15H26N4O/c1-5-8-16-14-17-9-7-13(19-14)18-11-10-12(20-6-2)15(11,3)4/h7,9,11-12H,5-6,8,10H2,1-4H3,(H2,16,17,18,19). The SMILES string of the molecule is CCCNc1nccc(NC2CC(OCC)C2(C)C)n1. The van der Waals surface area contributed by atoms with Crippen molar-refractivity contribution in [3.8, 4) is 0 Å². The highest BCUT2D eigenvalue weighted by molar-refractivity contribution is 5.41. The Hall–Kier alpha value is -1.36. The highest BCUT2D eigenvalue weighted by Crippen LogP contribution is 2.44. The predicted octanol–water partition coefficient (Wildman–Crippen LogP) is 2.91. The fourth-order valence-electron chi connectivity index (χ4n) is 2.55. The molecule has 1 fully saturated rings. The molecule has 112 valence electrons. The van der Waals surface area contributed by atoms with Crippen molar-refractivity contribution in [2.45, 2.75) is 52.7 Å². The maximum atomic E-state index is 5.75. The van der Waals surface area contributed by atoms with Gasteiger partial charge in [0.2, 0.25) is 5.95 Å². The zero-order valence-corrected chi connectivity index (χ0v) is 12.9. The first-order valence-corrected chi connectivity index (χ1v) is 7.53. The smallest absolute Gasteiger partial charge is 0.224 e. The van der Waals surface area contributed by atoms with Crippen molar-refractivity contribution in [3.63, 3.8) is 0 Å². The van der Waals surface area contributed by atoms with E-state index in [2.05, 4.69) is 41.4 Å². The molecule has 1 saturated carbocycles. The average Bonchev–Trinajstić information content (AvgIpc) is 2.44. The monoisotopic (exact) mass is 278 g/mol. The van der Waals surface area contributed by atoms with Gasteiger partial charge in [0.1, 0.15) is 5.82 Å². The summed E-state index contributed by atoms with van der Waals surface area (Å²) in [6.07, 6.45) is 4.22. The molecule has 0 radical (unpaired) electrons. The molecular formula is C15H26N4O. The van der Waals surface area contributed by atoms with E-state index in [-0.39, 0.29) is 5.41 Å². The van der Waals surface area contributed by atoms with Crippen molar-refractivity contribution in [1.82, 2.24) is 9.97 Å². The molecule has 1 aliphatic rings. The summed E-state index contributed by atoms with van der Waals surface area (Å²) in [7, 11) is 0. The minimum atomic E-state index is 0.137. The number of ether oxygens (including phenoxy) is 1. The zero-order chi connectivity index (χ0) is 14.6. The van der Waals surface area contributed by atoms with Gasteiger partial charge in [-0.25, -0.2) is 4.98 Å². The van der Waals surface area contributed by atoms with Crippen molar-refractivity contribution in [3.05, 3.63) is 12.3 Å². The van der Waals surface area contributed by atoms with Gasteiger partial charge in [0, 0.05) is 30.8 Å². The Balaban J connectivity index is 1.94. The van der Waals surface area contributed by atoms with Crippen molar-refractivity contribution in [1.29, 1.82) is 0 Å². The van der Waals surface area contributed by atoms with Gasteiger partial charge in [0.15, 0.2) is 0 Å². The quantitative estimate of drug-likeness (QED) is 0.803. The van der Waals surface area contributed by atoms with Crippen molar-refractivity contribution in [2.24, 2.45) is 5.41 Å². The zero-order valence-electron chi connectivity index (χ0n) is 12.9. The number of nitrogens with zero attached hydrogens (tertiary/aromatic N) is 2. The van der Waals surface area contributed by atoms with Crippen LogP contribution in [0.3, 0.4) is 0 Å². The molecule has 1 heterocycles. The summed E-state index contributed by atoms with van der Waals surface area (Å²) >= 11 is 0. The fourth-order valence-corrected chi connectivity index (χ4v) is 2.55. The van der Waals surface area contributed by atoms with E-state index in [9.17, 15) is 0 Å². The summed E-state index contributed by atoms with van der Waals surface area (Å²) in [6, 6.07) is 2.31. The molecule has 1 aromatic heterocycles. The second-order valence-corrected chi connectivity index (χ2v) is 5.89. The number of anilines is 2. The third-order valence-electron chi connectivity index (χ3n) is 4.06. The summed E-state index contributed by atoms with van der Waals surface area (Å²) in [6.45, 7) is 10.3. The highest BCUT2D eigenvalue weighted by atomic mass is 16.5. The molecule has 0 bridgehead atoms. The van der Waals surface area contributed by atoms with Crippen LogP contribution < -0.4 is 10.6 Å². The third-order valence-corrected chi connectivity index (χ3v) is 4.06. The van der Waals surface area contributed by atoms with Gasteiger partial charge in [-0.3, -0.25) is 0 Å². The van der Waals surface area contributed by atoms with E-state index < -0.39 is 0 Å². The molecule has 20 heavy (non-hydrogen) atoms. The molecule has 0 aliphatic heterocycles. The molecule has 5 heteroatoms. The Morgan fingerprint density at radius 2 is 2.20 bits per heavy atom. The molecular weight excluding hydrogens is 252 g/mol. The minimum Gasteiger partial charge on any atom is -0.378 e. The van der Waals surface area contributed by atoms with E-state index in [0.29, 0.717) is 18.1 Å². The van der Waals surface area contributed by atoms with Gasteiger partial charge in [-0.15, -0.1) is 0 Å². The summed E-state index contributed by atoms with van der Waals surface area (Å²) in [5.74, 6) is 1.57. The average molecular weight is 278 g/mol. The lowest BCUT2D eigenvalue weighted by Gasteiger charge is -2.51. The van der Waals surface area contributed by atoms with Crippen LogP contribution in [0.2, 0.25) is 0 Å². The second-order valence-electron chi connectivity index (χ2n) is 5.89. The van der Waals surface area contributed by atoms with Crippen LogP contribution in [-0.4, -0.2) is 35.3 Å². The van der Waals surface area contributed by atoms with Crippen LogP contribution in [0.1, 0.15) is 40.5 Å². The lowest BCUT2D eigenvalue weighted by Crippen LogP contribution is -2.58. The van der Waals surface area contributed by atoms with Gasteiger partial charge in [-0.1, -0.05) is 20.8 Å². The first-order chi connectivity index (χ1) is 9.57. The minimum absolute atomic E-state index is 0.137. The Morgan fingerprint density at radius 3 is 2.85 bits per heavy atom. The molecule has 0 spiro atoms. The van der Waals surface area contributed by atoms with E-state index in [1.54, 1.807) is 6.20 Å². The first kappa shape index (κ1) is 15.0. The van der Waals surface area contributed by atoms with Crippen LogP contribution in [0, 0.1) is 5.41 Å². The number of hydrogen-bond acceptors (Lipinski definition) is 5. The van der Waals surface area contributed by atoms with Gasteiger partial charge in [0.25, 0.3) is 0 Å². The normalized spacial score (nSPS) is 24.0. The second kappa shape index (κ2) is 6.39. The van der Waals surface area contributed by atoms with E-state index in [1.165, 1.54) is 0 Å². The molecule has 2 rings (SSSR count). The van der Waals surface area contributed by atoms with E-state index in [4.69, 9.17) is 4.74 Å². The van der Waals surface area contributed by atoms with Crippen LogP contribution in [-0.2, 0) is 4.74 Å². The lowest BCUT2D eigenvalue weighted by atomic mass is 9.64. The molecule has 0 amide bonds. The molecule has 2 N–H and O–H groups in total. The predicted molar refractivity (Wildman–Crippen MR) is 82.0 cm³/mol. The Kier molecular flexibility index (Phi) is 4.81. The summed E-state index contributed by atoms with van der Waals surface area (Å²) in [4.78, 5) is 8.72. The molecule has 0 saturated heterocycles. The highest BCUT2D eigenvalue weighted by Gasteiger charge is 2.49. The molecule has 2 atom stereocenters. The fraction of sp³-hybridized carbons (Fsp3) is 0.733. The van der Waals surface area contributed by atoms with Crippen LogP contribution in [0.4, 0.5) is 11.8 Å². The summed E-state index contributed by atoms with van der Waals surface area (Å²) < 4.78 is 5.75. The molecule has 5 nitrogen and oxygen atoms in total. The number of aromatic nitrogens is 2. The number of rotatable bonds is 7. The Labute approximate surface area is 121 Å². The maximum absolute atomic E-state index is 5.75. The van der Waals surface area contributed by atoms with Gasteiger partial charge in [-0.05, 0) is 25.8 Å². The van der Waals surface area contributed by atoms with E-state index in [1.807, 2.05) is 13.0 Å². The van der Waals surface area contributed by atoms with Crippen LogP contribution >= 0.6 is 0 Å². The molecule has 2 unspecified atom stereocenters. The van der Waals surface area contributed by atoms with Crippen LogP contribution in [0.5, 0.6) is 0 Å². The Bertz CT molecular complexity index is 436. The number of hydrogen-bond donors (Lipinski definition) is 2. The third kappa shape index (κ3) is 3.20. The molecule has 0 aromatic carbocycles. The molecule has 1 aliphatic carbocycles.